The van der Waals surface area contributed by atoms with Gasteiger partial charge in [-0.2, -0.15) is 0 Å². The van der Waals surface area contributed by atoms with Crippen LogP contribution in [-0.2, 0) is 14.9 Å². The standard InChI is InChI=1S/C16H15NO4S/c1-10(2)16(13-8-5-9-22-13)14(21-15(16)18)11-6-3-4-7-12(11)17(19)20/h3-10,14H,1-2H3/t14-,16-/m0/s1. The molecule has 2 aromatic rings. The van der Waals surface area contributed by atoms with Crippen molar-refractivity contribution in [2.75, 3.05) is 0 Å². The zero-order valence-corrected chi connectivity index (χ0v) is 13.0. The molecule has 1 fully saturated rings. The van der Waals surface area contributed by atoms with Crippen molar-refractivity contribution in [3.8, 4) is 0 Å². The summed E-state index contributed by atoms with van der Waals surface area (Å²) in [5, 5.41) is 13.2. The van der Waals surface area contributed by atoms with Crippen LogP contribution < -0.4 is 0 Å². The normalized spacial score (nSPS) is 24.0. The fourth-order valence-electron chi connectivity index (χ4n) is 3.10. The molecule has 0 saturated carbocycles. The van der Waals surface area contributed by atoms with Gasteiger partial charge in [0.15, 0.2) is 6.10 Å². The minimum absolute atomic E-state index is 0.0124. The van der Waals surface area contributed by atoms with Crippen molar-refractivity contribution in [3.63, 3.8) is 0 Å². The molecule has 1 saturated heterocycles. The van der Waals surface area contributed by atoms with E-state index in [0.29, 0.717) is 5.56 Å². The lowest BCUT2D eigenvalue weighted by Crippen LogP contribution is -2.57. The van der Waals surface area contributed by atoms with Crippen molar-refractivity contribution in [2.24, 2.45) is 5.92 Å². The van der Waals surface area contributed by atoms with Gasteiger partial charge >= 0.3 is 5.97 Å². The molecule has 2 atom stereocenters. The highest BCUT2D eigenvalue weighted by molar-refractivity contribution is 7.10. The molecule has 0 unspecified atom stereocenters. The van der Waals surface area contributed by atoms with Gasteiger partial charge in [-0.1, -0.05) is 32.0 Å². The second kappa shape index (κ2) is 5.21. The van der Waals surface area contributed by atoms with Gasteiger partial charge in [-0.05, 0) is 23.4 Å². The minimum Gasteiger partial charge on any atom is -0.455 e. The van der Waals surface area contributed by atoms with E-state index >= 15 is 0 Å². The molecule has 114 valence electrons. The molecule has 2 heterocycles. The van der Waals surface area contributed by atoms with Crippen LogP contribution in [-0.4, -0.2) is 10.9 Å². The molecule has 22 heavy (non-hydrogen) atoms. The molecule has 5 nitrogen and oxygen atoms in total. The lowest BCUT2D eigenvalue weighted by Gasteiger charge is -2.48. The quantitative estimate of drug-likeness (QED) is 0.488. The van der Waals surface area contributed by atoms with Gasteiger partial charge in [-0.3, -0.25) is 14.9 Å². The van der Waals surface area contributed by atoms with Gasteiger partial charge in [0.1, 0.15) is 5.41 Å². The Morgan fingerprint density at radius 3 is 2.55 bits per heavy atom. The van der Waals surface area contributed by atoms with E-state index in [4.69, 9.17) is 4.74 Å². The number of nitrogens with zero attached hydrogens (tertiary/aromatic N) is 1. The van der Waals surface area contributed by atoms with E-state index in [2.05, 4.69) is 0 Å². The highest BCUT2D eigenvalue weighted by atomic mass is 32.1. The topological polar surface area (TPSA) is 69.4 Å². The number of ether oxygens (including phenoxy) is 1. The van der Waals surface area contributed by atoms with E-state index < -0.39 is 16.4 Å². The Kier molecular flexibility index (Phi) is 3.48. The highest BCUT2D eigenvalue weighted by Gasteiger charge is 2.63. The van der Waals surface area contributed by atoms with Crippen molar-refractivity contribution >= 4 is 23.0 Å². The molecule has 3 rings (SSSR count). The summed E-state index contributed by atoms with van der Waals surface area (Å²) >= 11 is 1.48. The molecule has 0 radical (unpaired) electrons. The largest absolute Gasteiger partial charge is 0.455 e. The van der Waals surface area contributed by atoms with Crippen LogP contribution in [0.1, 0.15) is 30.4 Å². The van der Waals surface area contributed by atoms with E-state index in [1.807, 2.05) is 31.4 Å². The van der Waals surface area contributed by atoms with Gasteiger partial charge < -0.3 is 4.74 Å². The lowest BCUT2D eigenvalue weighted by atomic mass is 9.65. The number of nitro benzene ring substituents is 1. The smallest absolute Gasteiger partial charge is 0.322 e. The van der Waals surface area contributed by atoms with Crippen LogP contribution in [0, 0.1) is 16.0 Å². The Bertz CT molecular complexity index is 726. The Morgan fingerprint density at radius 1 is 1.27 bits per heavy atom. The molecule has 0 spiro atoms. The predicted octanol–water partition coefficient (Wildman–Crippen LogP) is 3.85. The molecule has 0 bridgehead atoms. The first-order valence-corrected chi connectivity index (χ1v) is 7.86. The Hall–Kier alpha value is -2.21. The molecular formula is C16H15NO4S. The Labute approximate surface area is 131 Å². The number of rotatable bonds is 4. The average Bonchev–Trinajstić information content (AvgIpc) is 2.98. The van der Waals surface area contributed by atoms with E-state index in [-0.39, 0.29) is 17.6 Å². The zero-order chi connectivity index (χ0) is 15.9. The number of cyclic esters (lactones) is 1. The Balaban J connectivity index is 2.16. The molecule has 1 aliphatic heterocycles. The maximum Gasteiger partial charge on any atom is 0.322 e. The van der Waals surface area contributed by atoms with E-state index in [9.17, 15) is 14.9 Å². The summed E-state index contributed by atoms with van der Waals surface area (Å²) in [5.74, 6) is -0.342. The summed E-state index contributed by atoms with van der Waals surface area (Å²) < 4.78 is 5.38. The van der Waals surface area contributed by atoms with Crippen molar-refractivity contribution in [2.45, 2.75) is 25.4 Å². The van der Waals surface area contributed by atoms with E-state index in [1.165, 1.54) is 17.4 Å². The molecular weight excluding hydrogens is 302 g/mol. The van der Waals surface area contributed by atoms with Crippen LogP contribution in [0.2, 0.25) is 0 Å². The minimum atomic E-state index is -0.847. The number of hydrogen-bond donors (Lipinski definition) is 0. The first-order chi connectivity index (χ1) is 10.5. The monoisotopic (exact) mass is 317 g/mol. The predicted molar refractivity (Wildman–Crippen MR) is 82.8 cm³/mol. The van der Waals surface area contributed by atoms with Crippen LogP contribution in [0.4, 0.5) is 5.69 Å². The van der Waals surface area contributed by atoms with Gasteiger partial charge in [-0.25, -0.2) is 0 Å². The summed E-state index contributed by atoms with van der Waals surface area (Å²) in [6.07, 6.45) is -0.625. The second-order valence-electron chi connectivity index (χ2n) is 5.60. The highest BCUT2D eigenvalue weighted by Crippen LogP contribution is 2.56. The summed E-state index contributed by atoms with van der Waals surface area (Å²) in [6.45, 7) is 3.89. The number of benzene rings is 1. The summed E-state index contributed by atoms with van der Waals surface area (Å²) in [7, 11) is 0. The van der Waals surface area contributed by atoms with Crippen molar-refractivity contribution < 1.29 is 14.5 Å². The van der Waals surface area contributed by atoms with Crippen molar-refractivity contribution in [3.05, 3.63) is 62.3 Å². The number of thiophene rings is 1. The zero-order valence-electron chi connectivity index (χ0n) is 12.2. The van der Waals surface area contributed by atoms with Crippen LogP contribution in [0.25, 0.3) is 0 Å². The first kappa shape index (κ1) is 14.7. The molecule has 1 aliphatic rings. The number of carbonyl (C=O) groups excluding carboxylic acids is 1. The third kappa shape index (κ3) is 1.87. The SMILES string of the molecule is CC(C)[C@@]1(c2cccs2)C(=O)O[C@H]1c1ccccc1[N+](=O)[O-]. The van der Waals surface area contributed by atoms with E-state index in [1.54, 1.807) is 18.2 Å². The number of carbonyl (C=O) groups is 1. The molecule has 1 aromatic heterocycles. The van der Waals surface area contributed by atoms with Crippen LogP contribution in [0.15, 0.2) is 41.8 Å². The van der Waals surface area contributed by atoms with Crippen LogP contribution in [0.3, 0.4) is 0 Å². The van der Waals surface area contributed by atoms with Crippen molar-refractivity contribution in [1.82, 2.24) is 0 Å². The van der Waals surface area contributed by atoms with Gasteiger partial charge in [0.2, 0.25) is 0 Å². The molecule has 0 aliphatic carbocycles. The van der Waals surface area contributed by atoms with Gasteiger partial charge in [-0.15, -0.1) is 11.3 Å². The summed E-state index contributed by atoms with van der Waals surface area (Å²) in [4.78, 5) is 24.1. The summed E-state index contributed by atoms with van der Waals surface area (Å²) in [6, 6.07) is 10.2. The maximum atomic E-state index is 12.4. The third-order valence-electron chi connectivity index (χ3n) is 4.23. The van der Waals surface area contributed by atoms with Gasteiger partial charge in [0.05, 0.1) is 10.5 Å². The molecule has 1 aromatic carbocycles. The lowest BCUT2D eigenvalue weighted by molar-refractivity contribution is -0.386. The summed E-state index contributed by atoms with van der Waals surface area (Å²) in [5.41, 5.74) is -0.406. The number of nitro groups is 1. The second-order valence-corrected chi connectivity index (χ2v) is 6.55. The number of esters is 1. The molecule has 0 amide bonds. The average molecular weight is 317 g/mol. The number of hydrogen-bond acceptors (Lipinski definition) is 5. The third-order valence-corrected chi connectivity index (χ3v) is 5.25. The maximum absolute atomic E-state index is 12.4. The fraction of sp³-hybridized carbons (Fsp3) is 0.312. The number of para-hydroxylation sites is 1. The van der Waals surface area contributed by atoms with E-state index in [0.717, 1.165) is 4.88 Å². The first-order valence-electron chi connectivity index (χ1n) is 6.98. The van der Waals surface area contributed by atoms with Crippen LogP contribution in [0.5, 0.6) is 0 Å². The van der Waals surface area contributed by atoms with Crippen LogP contribution >= 0.6 is 11.3 Å². The van der Waals surface area contributed by atoms with Gasteiger partial charge in [0, 0.05) is 10.9 Å². The molecule has 6 heteroatoms. The van der Waals surface area contributed by atoms with Gasteiger partial charge in [0.25, 0.3) is 5.69 Å². The molecule has 0 N–H and O–H groups in total. The fourth-order valence-corrected chi connectivity index (χ4v) is 4.18. The Morgan fingerprint density at radius 2 is 2.00 bits per heavy atom. The van der Waals surface area contributed by atoms with Crippen molar-refractivity contribution in [1.29, 1.82) is 0 Å².